The van der Waals surface area contributed by atoms with Crippen LogP contribution in [0.15, 0.2) is 65.6 Å². The Balaban J connectivity index is 1.90. The molecule has 2 N–H and O–H groups in total. The summed E-state index contributed by atoms with van der Waals surface area (Å²) >= 11 is 0. The molecule has 0 saturated heterocycles. The molecular formula is C25H22FN3O3. The first kappa shape index (κ1) is 21.2. The highest BCUT2D eigenvalue weighted by molar-refractivity contribution is 5.94. The number of rotatable bonds is 5. The van der Waals surface area contributed by atoms with Crippen molar-refractivity contribution in [3.63, 3.8) is 0 Å². The van der Waals surface area contributed by atoms with Gasteiger partial charge in [0.05, 0.1) is 17.3 Å². The molecule has 0 fully saturated rings. The average molecular weight is 431 g/mol. The molecule has 0 radical (unpaired) electrons. The molecule has 6 nitrogen and oxygen atoms in total. The standard InChI is InChI=1S/C25H22FN3O3/c1-14-11-20(16(3)27-21-10-5-4-9-19(21)25(31)32)23-28-22(15(2)24(30)29(23)13-14)17-7-6-8-18(26)12-17/h4-13,16,27H,1-3H3,(H,31,32)/t16-/m1/s1. The fourth-order valence-corrected chi connectivity index (χ4v) is 3.84. The second-order valence-corrected chi connectivity index (χ2v) is 7.78. The Labute approximate surface area is 184 Å². The van der Waals surface area contributed by atoms with Crippen LogP contribution in [0.4, 0.5) is 10.1 Å². The number of hydrogen-bond acceptors (Lipinski definition) is 4. The van der Waals surface area contributed by atoms with Crippen molar-refractivity contribution in [2.75, 3.05) is 5.32 Å². The number of nitrogens with one attached hydrogen (secondary N) is 1. The van der Waals surface area contributed by atoms with Crippen LogP contribution < -0.4 is 10.9 Å². The molecule has 0 unspecified atom stereocenters. The Bertz CT molecular complexity index is 1410. The number of hydrogen-bond donors (Lipinski definition) is 2. The van der Waals surface area contributed by atoms with Gasteiger partial charge in [-0.15, -0.1) is 0 Å². The van der Waals surface area contributed by atoms with E-state index in [1.54, 1.807) is 43.5 Å². The van der Waals surface area contributed by atoms with E-state index < -0.39 is 11.8 Å². The third-order valence-electron chi connectivity index (χ3n) is 5.41. The number of aromatic nitrogens is 2. The van der Waals surface area contributed by atoms with Crippen molar-refractivity contribution < 1.29 is 14.3 Å². The number of halogens is 1. The minimum absolute atomic E-state index is 0.151. The van der Waals surface area contributed by atoms with Crippen LogP contribution in [0, 0.1) is 19.7 Å². The van der Waals surface area contributed by atoms with Gasteiger partial charge in [-0.25, -0.2) is 14.2 Å². The molecule has 2 aromatic heterocycles. The Kier molecular flexibility index (Phi) is 5.48. The molecule has 0 aliphatic carbocycles. The normalized spacial score (nSPS) is 12.0. The quantitative estimate of drug-likeness (QED) is 0.465. The third kappa shape index (κ3) is 3.85. The molecule has 7 heteroatoms. The summed E-state index contributed by atoms with van der Waals surface area (Å²) < 4.78 is 15.3. The van der Waals surface area contributed by atoms with Crippen LogP contribution in [-0.4, -0.2) is 20.5 Å². The molecule has 0 saturated carbocycles. The van der Waals surface area contributed by atoms with Crippen LogP contribution in [-0.2, 0) is 0 Å². The second-order valence-electron chi connectivity index (χ2n) is 7.78. The highest BCUT2D eigenvalue weighted by atomic mass is 19.1. The van der Waals surface area contributed by atoms with Gasteiger partial charge in [-0.1, -0.05) is 24.3 Å². The number of nitrogens with zero attached hydrogens (tertiary/aromatic N) is 2. The molecule has 0 amide bonds. The highest BCUT2D eigenvalue weighted by Crippen LogP contribution is 2.27. The van der Waals surface area contributed by atoms with Gasteiger partial charge < -0.3 is 10.4 Å². The Hall–Kier alpha value is -4.00. The van der Waals surface area contributed by atoms with Crippen LogP contribution in [0.1, 0.15) is 40.0 Å². The van der Waals surface area contributed by atoms with Gasteiger partial charge in [-0.05, 0) is 56.7 Å². The van der Waals surface area contributed by atoms with Crippen molar-refractivity contribution in [2.45, 2.75) is 26.8 Å². The first-order valence-corrected chi connectivity index (χ1v) is 10.1. The summed E-state index contributed by atoms with van der Waals surface area (Å²) in [7, 11) is 0. The first-order valence-electron chi connectivity index (χ1n) is 10.1. The number of fused-ring (bicyclic) bond motifs is 1. The molecule has 0 aliphatic rings. The lowest BCUT2D eigenvalue weighted by Crippen LogP contribution is -2.22. The fraction of sp³-hybridized carbons (Fsp3) is 0.160. The molecule has 0 spiro atoms. The molecular weight excluding hydrogens is 409 g/mol. The Morgan fingerprint density at radius 1 is 1.12 bits per heavy atom. The number of pyridine rings is 1. The molecule has 4 aromatic rings. The van der Waals surface area contributed by atoms with E-state index in [0.29, 0.717) is 28.2 Å². The topological polar surface area (TPSA) is 83.7 Å². The van der Waals surface area contributed by atoms with E-state index in [4.69, 9.17) is 4.98 Å². The fourth-order valence-electron chi connectivity index (χ4n) is 3.84. The van der Waals surface area contributed by atoms with Crippen LogP contribution in [0.5, 0.6) is 0 Å². The van der Waals surface area contributed by atoms with Crippen LogP contribution in [0.3, 0.4) is 0 Å². The van der Waals surface area contributed by atoms with Crippen molar-refractivity contribution in [3.05, 3.63) is 99.2 Å². The molecule has 0 bridgehead atoms. The van der Waals surface area contributed by atoms with Crippen molar-refractivity contribution in [1.82, 2.24) is 9.38 Å². The van der Waals surface area contributed by atoms with Crippen molar-refractivity contribution >= 4 is 17.3 Å². The number of aryl methyl sites for hydroxylation is 1. The van der Waals surface area contributed by atoms with Crippen LogP contribution >= 0.6 is 0 Å². The van der Waals surface area contributed by atoms with Gasteiger partial charge in [0.25, 0.3) is 5.56 Å². The Morgan fingerprint density at radius 2 is 1.88 bits per heavy atom. The number of para-hydroxylation sites is 1. The summed E-state index contributed by atoms with van der Waals surface area (Å²) in [6.07, 6.45) is 1.72. The van der Waals surface area contributed by atoms with E-state index >= 15 is 0 Å². The van der Waals surface area contributed by atoms with Crippen molar-refractivity contribution in [3.8, 4) is 11.3 Å². The zero-order chi connectivity index (χ0) is 23.0. The number of carbonyl (C=O) groups is 1. The summed E-state index contributed by atoms with van der Waals surface area (Å²) in [4.78, 5) is 29.5. The SMILES string of the molecule is Cc1cc([C@@H](C)Nc2ccccc2C(=O)O)c2nc(-c3cccc(F)c3)c(C)c(=O)n2c1. The minimum Gasteiger partial charge on any atom is -0.478 e. The lowest BCUT2D eigenvalue weighted by Gasteiger charge is -2.20. The summed E-state index contributed by atoms with van der Waals surface area (Å²) in [5, 5.41) is 12.7. The zero-order valence-electron chi connectivity index (χ0n) is 17.9. The third-order valence-corrected chi connectivity index (χ3v) is 5.41. The van der Waals surface area contributed by atoms with Gasteiger partial charge in [-0.2, -0.15) is 0 Å². The predicted molar refractivity (Wildman–Crippen MR) is 122 cm³/mol. The van der Waals surface area contributed by atoms with E-state index in [0.717, 1.165) is 11.1 Å². The molecule has 1 atom stereocenters. The summed E-state index contributed by atoms with van der Waals surface area (Å²) in [6, 6.07) is 14.2. The number of carboxylic acid groups (broad SMARTS) is 1. The van der Waals surface area contributed by atoms with Gasteiger partial charge in [-0.3, -0.25) is 9.20 Å². The number of aromatic carboxylic acids is 1. The van der Waals surface area contributed by atoms with Crippen molar-refractivity contribution in [1.29, 1.82) is 0 Å². The highest BCUT2D eigenvalue weighted by Gasteiger charge is 2.19. The van der Waals surface area contributed by atoms with E-state index in [9.17, 15) is 19.1 Å². The summed E-state index contributed by atoms with van der Waals surface area (Å²) in [6.45, 7) is 5.43. The van der Waals surface area contributed by atoms with Crippen LogP contribution in [0.25, 0.3) is 16.9 Å². The first-order chi connectivity index (χ1) is 15.3. The van der Waals surface area contributed by atoms with Crippen LogP contribution in [0.2, 0.25) is 0 Å². The summed E-state index contributed by atoms with van der Waals surface area (Å²) in [5.41, 5.74) is 3.74. The van der Waals surface area contributed by atoms with E-state index in [1.807, 2.05) is 19.9 Å². The maximum atomic E-state index is 13.8. The monoisotopic (exact) mass is 431 g/mol. The minimum atomic E-state index is -1.03. The van der Waals surface area contributed by atoms with Crippen molar-refractivity contribution in [2.24, 2.45) is 0 Å². The lowest BCUT2D eigenvalue weighted by atomic mass is 10.0. The largest absolute Gasteiger partial charge is 0.478 e. The van der Waals surface area contributed by atoms with Gasteiger partial charge in [0.15, 0.2) is 0 Å². The van der Waals surface area contributed by atoms with Gasteiger partial charge in [0, 0.05) is 28.6 Å². The maximum absolute atomic E-state index is 13.8. The number of carboxylic acids is 1. The average Bonchev–Trinajstić information content (AvgIpc) is 2.76. The van der Waals surface area contributed by atoms with E-state index in [-0.39, 0.29) is 17.2 Å². The summed E-state index contributed by atoms with van der Waals surface area (Å²) in [5.74, 6) is -1.44. The van der Waals surface area contributed by atoms with Gasteiger partial charge >= 0.3 is 5.97 Å². The Morgan fingerprint density at radius 3 is 2.59 bits per heavy atom. The molecule has 32 heavy (non-hydrogen) atoms. The number of benzene rings is 2. The van der Waals surface area contributed by atoms with E-state index in [1.165, 1.54) is 22.6 Å². The molecule has 4 rings (SSSR count). The smallest absolute Gasteiger partial charge is 0.337 e. The zero-order valence-corrected chi connectivity index (χ0v) is 17.9. The van der Waals surface area contributed by atoms with Gasteiger partial charge in [0.2, 0.25) is 0 Å². The number of anilines is 1. The molecule has 0 aliphatic heterocycles. The predicted octanol–water partition coefficient (Wildman–Crippen LogP) is 4.99. The maximum Gasteiger partial charge on any atom is 0.337 e. The molecule has 2 aromatic carbocycles. The van der Waals surface area contributed by atoms with Gasteiger partial charge in [0.1, 0.15) is 11.5 Å². The second kappa shape index (κ2) is 8.26. The molecule has 2 heterocycles. The van der Waals surface area contributed by atoms with E-state index in [2.05, 4.69) is 5.32 Å². The molecule has 162 valence electrons. The lowest BCUT2D eigenvalue weighted by molar-refractivity contribution is 0.0698.